The molecule has 12 heteroatoms. The number of carbonyl (C=O) groups is 3. The number of aliphatic hydroxyl groups is 1. The number of nitrogens with zero attached hydrogens (tertiary/aromatic N) is 4. The molecule has 2 aliphatic rings. The van der Waals surface area contributed by atoms with E-state index in [2.05, 4.69) is 20.9 Å². The first-order chi connectivity index (χ1) is 21.3. The number of hydrogen-bond donors (Lipinski definition) is 4. The Morgan fingerprint density at radius 3 is 2.20 bits per heavy atom. The van der Waals surface area contributed by atoms with E-state index in [4.69, 9.17) is 5.73 Å². The molecule has 3 aromatic rings. The molecule has 5 rings (SSSR count). The van der Waals surface area contributed by atoms with Gasteiger partial charge in [-0.2, -0.15) is 0 Å². The number of hydrogen-bond acceptors (Lipinski definition) is 7. The van der Waals surface area contributed by atoms with E-state index in [1.165, 1.54) is 0 Å². The highest BCUT2D eigenvalue weighted by molar-refractivity contribution is 5.94. The summed E-state index contributed by atoms with van der Waals surface area (Å²) in [6.07, 6.45) is 4.45. The summed E-state index contributed by atoms with van der Waals surface area (Å²) in [5.41, 5.74) is 8.42. The zero-order valence-corrected chi connectivity index (χ0v) is 26.5. The second-order valence-corrected chi connectivity index (χ2v) is 11.9. The highest BCUT2D eigenvalue weighted by Gasteiger charge is 2.48. The summed E-state index contributed by atoms with van der Waals surface area (Å²) in [5, 5.41) is 24.7. The molecule has 2 fully saturated rings. The average molecular weight is 637 g/mol. The topological polar surface area (TPSA) is 155 Å². The predicted octanol–water partition coefficient (Wildman–Crippen LogP) is -0.377. The Balaban J connectivity index is 0.00000461. The normalized spacial score (nSPS) is 22.6. The van der Waals surface area contributed by atoms with E-state index in [0.717, 1.165) is 11.1 Å². The van der Waals surface area contributed by atoms with Crippen LogP contribution in [0.1, 0.15) is 81.3 Å². The number of benzene rings is 2. The van der Waals surface area contributed by atoms with Crippen molar-refractivity contribution in [2.75, 3.05) is 0 Å². The summed E-state index contributed by atoms with van der Waals surface area (Å²) in [7, 11) is 0. The van der Waals surface area contributed by atoms with Crippen LogP contribution in [0.2, 0.25) is 0 Å². The first-order valence-corrected chi connectivity index (χ1v) is 15.7. The minimum Gasteiger partial charge on any atom is -1.00 e. The summed E-state index contributed by atoms with van der Waals surface area (Å²) < 4.78 is 1.62. The number of halogens is 1. The van der Waals surface area contributed by atoms with Crippen LogP contribution < -0.4 is 28.8 Å². The molecular weight excluding hydrogens is 594 g/mol. The van der Waals surface area contributed by atoms with Crippen molar-refractivity contribution in [3.63, 3.8) is 0 Å². The van der Waals surface area contributed by atoms with E-state index in [-0.39, 0.29) is 42.2 Å². The molecule has 2 saturated heterocycles. The summed E-state index contributed by atoms with van der Waals surface area (Å²) in [6, 6.07) is 16.8. The fourth-order valence-corrected chi connectivity index (χ4v) is 6.41. The molecule has 0 spiro atoms. The lowest BCUT2D eigenvalue weighted by Gasteiger charge is -2.33. The molecule has 0 radical (unpaired) electrons. The van der Waals surface area contributed by atoms with E-state index >= 15 is 0 Å². The zero-order chi connectivity index (χ0) is 31.2. The SMILES string of the molecule is CCC(O)c1cn(C[C@H]2CC[C@H]3CC[C@@H](C(=O)NC(c4ccccc4)c4ccccc4)N3C(=O)[C@H]2NC(=O)[C@@H](N)CC)nn1.[Cl-]. The lowest BCUT2D eigenvalue weighted by atomic mass is 9.92. The van der Waals surface area contributed by atoms with Gasteiger partial charge in [0.25, 0.3) is 0 Å². The maximum Gasteiger partial charge on any atom is 0.246 e. The van der Waals surface area contributed by atoms with Gasteiger partial charge in [-0.25, -0.2) is 0 Å². The molecular formula is C33H43ClN7O4-. The standard InChI is InChI=1S/C33H43N7O4.ClH/c1-3-25(34)31(42)36-30-23(19-39-20-26(37-38-39)28(41)4-2)15-16-24-17-18-27(40(24)33(30)44)32(43)35-29(21-11-7-5-8-12-21)22-13-9-6-10-14-22;/h5-14,20,23-25,27-30,41H,3-4,15-19,34H2,1-2H3,(H,35,43)(H,36,42);1H/p-1/t23-,24+,25+,27+,28?,30+;/m1./s1. The van der Waals surface area contributed by atoms with Gasteiger partial charge in [0.05, 0.1) is 24.4 Å². The Labute approximate surface area is 270 Å². The number of amides is 3. The number of carbonyl (C=O) groups excluding carboxylic acids is 3. The van der Waals surface area contributed by atoms with Gasteiger partial charge in [-0.1, -0.05) is 79.7 Å². The van der Waals surface area contributed by atoms with E-state index in [0.29, 0.717) is 50.8 Å². The monoisotopic (exact) mass is 636 g/mol. The molecule has 3 heterocycles. The van der Waals surface area contributed by atoms with E-state index in [9.17, 15) is 19.5 Å². The molecule has 0 bridgehead atoms. The molecule has 1 aromatic heterocycles. The smallest absolute Gasteiger partial charge is 0.246 e. The number of aliphatic hydroxyl groups excluding tert-OH is 1. The van der Waals surface area contributed by atoms with Crippen molar-refractivity contribution in [2.24, 2.45) is 11.7 Å². The molecule has 242 valence electrons. The lowest BCUT2D eigenvalue weighted by Crippen LogP contribution is -3.00. The predicted molar refractivity (Wildman–Crippen MR) is 165 cm³/mol. The summed E-state index contributed by atoms with van der Waals surface area (Å²) in [5.74, 6) is -1.21. The van der Waals surface area contributed by atoms with Crippen LogP contribution in [-0.4, -0.2) is 66.9 Å². The van der Waals surface area contributed by atoms with Gasteiger partial charge in [-0.15, -0.1) is 5.10 Å². The van der Waals surface area contributed by atoms with Crippen molar-refractivity contribution in [3.05, 3.63) is 83.7 Å². The Morgan fingerprint density at radius 2 is 1.60 bits per heavy atom. The summed E-state index contributed by atoms with van der Waals surface area (Å²) >= 11 is 0. The van der Waals surface area contributed by atoms with Gasteiger partial charge in [0, 0.05) is 18.5 Å². The Morgan fingerprint density at radius 1 is 0.978 bits per heavy atom. The Hall–Kier alpha value is -3.80. The quantitative estimate of drug-likeness (QED) is 0.224. The van der Waals surface area contributed by atoms with Crippen molar-refractivity contribution in [2.45, 2.75) is 95.2 Å². The zero-order valence-electron chi connectivity index (χ0n) is 25.8. The highest BCUT2D eigenvalue weighted by atomic mass is 35.5. The number of nitrogens with one attached hydrogen (secondary N) is 2. The van der Waals surface area contributed by atoms with Gasteiger partial charge >= 0.3 is 0 Å². The van der Waals surface area contributed by atoms with Crippen LogP contribution in [0.3, 0.4) is 0 Å². The highest BCUT2D eigenvalue weighted by Crippen LogP contribution is 2.35. The minimum atomic E-state index is -0.888. The Kier molecular flexibility index (Phi) is 11.7. The summed E-state index contributed by atoms with van der Waals surface area (Å²) in [4.78, 5) is 43.1. The van der Waals surface area contributed by atoms with Gasteiger partial charge in [0.1, 0.15) is 17.8 Å². The number of nitrogens with two attached hydrogens (primary N) is 1. The van der Waals surface area contributed by atoms with E-state index in [1.807, 2.05) is 74.5 Å². The number of fused-ring (bicyclic) bond motifs is 1. The van der Waals surface area contributed by atoms with E-state index < -0.39 is 30.1 Å². The van der Waals surface area contributed by atoms with Crippen LogP contribution in [0.25, 0.3) is 0 Å². The van der Waals surface area contributed by atoms with Crippen molar-refractivity contribution < 1.29 is 31.9 Å². The molecule has 5 N–H and O–H groups in total. The first kappa shape index (κ1) is 34.1. The lowest BCUT2D eigenvalue weighted by molar-refractivity contribution is -0.143. The van der Waals surface area contributed by atoms with Crippen LogP contribution in [-0.2, 0) is 20.9 Å². The fraction of sp³-hybridized carbons (Fsp3) is 0.485. The molecule has 0 aliphatic carbocycles. The van der Waals surface area contributed by atoms with Gasteiger partial charge in [0.15, 0.2) is 0 Å². The fourth-order valence-electron chi connectivity index (χ4n) is 6.41. The second-order valence-electron chi connectivity index (χ2n) is 11.9. The molecule has 2 aromatic carbocycles. The molecule has 1 unspecified atom stereocenters. The van der Waals surface area contributed by atoms with Crippen LogP contribution >= 0.6 is 0 Å². The van der Waals surface area contributed by atoms with Gasteiger partial charge in [-0.05, 0) is 49.7 Å². The van der Waals surface area contributed by atoms with Crippen LogP contribution in [0.5, 0.6) is 0 Å². The Bertz CT molecular complexity index is 1380. The largest absolute Gasteiger partial charge is 1.00 e. The molecule has 2 aliphatic heterocycles. The van der Waals surface area contributed by atoms with Crippen LogP contribution in [0, 0.1) is 5.92 Å². The summed E-state index contributed by atoms with van der Waals surface area (Å²) in [6.45, 7) is 4.00. The maximum absolute atomic E-state index is 14.4. The third-order valence-electron chi connectivity index (χ3n) is 9.00. The number of rotatable bonds is 11. The maximum atomic E-state index is 14.4. The average Bonchev–Trinajstić information content (AvgIpc) is 3.69. The molecule has 11 nitrogen and oxygen atoms in total. The van der Waals surface area contributed by atoms with Crippen LogP contribution in [0.4, 0.5) is 0 Å². The molecule has 0 saturated carbocycles. The van der Waals surface area contributed by atoms with Crippen molar-refractivity contribution in [3.8, 4) is 0 Å². The van der Waals surface area contributed by atoms with Gasteiger partial charge in [-0.3, -0.25) is 19.1 Å². The molecule has 45 heavy (non-hydrogen) atoms. The minimum absolute atomic E-state index is 0. The molecule has 3 amide bonds. The van der Waals surface area contributed by atoms with Crippen molar-refractivity contribution >= 4 is 17.7 Å². The second kappa shape index (κ2) is 15.5. The van der Waals surface area contributed by atoms with Crippen molar-refractivity contribution in [1.29, 1.82) is 0 Å². The van der Waals surface area contributed by atoms with Gasteiger partial charge < -0.3 is 38.8 Å². The molecule has 6 atom stereocenters. The third kappa shape index (κ3) is 7.71. The third-order valence-corrected chi connectivity index (χ3v) is 9.00. The van der Waals surface area contributed by atoms with Gasteiger partial charge in [0.2, 0.25) is 17.7 Å². The van der Waals surface area contributed by atoms with Crippen molar-refractivity contribution in [1.82, 2.24) is 30.5 Å². The van der Waals surface area contributed by atoms with Crippen LogP contribution in [0.15, 0.2) is 66.9 Å². The van der Waals surface area contributed by atoms with E-state index in [1.54, 1.807) is 15.8 Å². The first-order valence-electron chi connectivity index (χ1n) is 15.7. The number of aromatic nitrogens is 3.